The largest absolute Gasteiger partial charge is 0.465 e. The number of hydrogen-bond donors (Lipinski definition) is 0. The summed E-state index contributed by atoms with van der Waals surface area (Å²) in [5.41, 5.74) is -1.14. The number of hydrogen-bond acceptors (Lipinski definition) is 11. The van der Waals surface area contributed by atoms with E-state index in [9.17, 15) is 24.0 Å². The lowest BCUT2D eigenvalue weighted by Crippen LogP contribution is -2.27. The van der Waals surface area contributed by atoms with Gasteiger partial charge in [-0.1, -0.05) is 86.6 Å². The van der Waals surface area contributed by atoms with Crippen LogP contribution in [0.4, 0.5) is 0 Å². The molecule has 0 N–H and O–H groups in total. The van der Waals surface area contributed by atoms with E-state index in [-0.39, 0.29) is 59.4 Å². The summed E-state index contributed by atoms with van der Waals surface area (Å²) in [6.45, 7) is 34.9. The van der Waals surface area contributed by atoms with E-state index in [4.69, 9.17) is 28.4 Å². The molecule has 56 heavy (non-hydrogen) atoms. The Bertz CT molecular complexity index is 1080. The van der Waals surface area contributed by atoms with Gasteiger partial charge in [0.15, 0.2) is 0 Å². The fourth-order valence-electron chi connectivity index (χ4n) is 3.47. The van der Waals surface area contributed by atoms with E-state index in [0.717, 1.165) is 51.6 Å². The van der Waals surface area contributed by atoms with Crippen molar-refractivity contribution in [1.29, 1.82) is 0 Å². The van der Waals surface area contributed by atoms with Gasteiger partial charge in [0, 0.05) is 5.57 Å². The number of epoxide rings is 1. The Morgan fingerprint density at radius 3 is 1.09 bits per heavy atom. The Kier molecular flexibility index (Phi) is 31.9. The van der Waals surface area contributed by atoms with Crippen molar-refractivity contribution >= 4 is 29.8 Å². The van der Waals surface area contributed by atoms with Crippen LogP contribution in [0.3, 0.4) is 0 Å². The van der Waals surface area contributed by atoms with Crippen molar-refractivity contribution in [3.8, 4) is 0 Å². The molecule has 1 aliphatic rings. The Morgan fingerprint density at radius 2 is 0.804 bits per heavy atom. The maximum atomic E-state index is 11.5. The molecule has 1 fully saturated rings. The van der Waals surface area contributed by atoms with Gasteiger partial charge in [0.25, 0.3) is 0 Å². The highest BCUT2D eigenvalue weighted by molar-refractivity contribution is 5.87. The monoisotopic (exact) mass is 801 g/mol. The van der Waals surface area contributed by atoms with E-state index in [0.29, 0.717) is 31.8 Å². The van der Waals surface area contributed by atoms with Gasteiger partial charge in [-0.2, -0.15) is 0 Å². The highest BCUT2D eigenvalue weighted by Crippen LogP contribution is 2.24. The van der Waals surface area contributed by atoms with E-state index >= 15 is 0 Å². The molecule has 1 rings (SSSR count). The highest BCUT2D eigenvalue weighted by atomic mass is 16.6. The van der Waals surface area contributed by atoms with Crippen molar-refractivity contribution in [2.45, 2.75) is 187 Å². The van der Waals surface area contributed by atoms with Crippen LogP contribution >= 0.6 is 0 Å². The molecule has 0 spiro atoms. The number of ether oxygens (including phenoxy) is 6. The molecule has 11 nitrogen and oxygen atoms in total. The summed E-state index contributed by atoms with van der Waals surface area (Å²) < 4.78 is 30.2. The van der Waals surface area contributed by atoms with E-state index in [1.54, 1.807) is 6.92 Å². The van der Waals surface area contributed by atoms with Crippen LogP contribution in [0.1, 0.15) is 181 Å². The molecule has 0 aromatic heterocycles. The topological polar surface area (TPSA) is 144 Å². The number of rotatable bonds is 24. The first kappa shape index (κ1) is 57.4. The minimum Gasteiger partial charge on any atom is -0.465 e. The van der Waals surface area contributed by atoms with Gasteiger partial charge >= 0.3 is 29.8 Å². The molecule has 1 atom stereocenters. The van der Waals surface area contributed by atoms with Crippen molar-refractivity contribution in [3.63, 3.8) is 0 Å². The molecule has 0 saturated carbocycles. The van der Waals surface area contributed by atoms with Crippen LogP contribution in [0.15, 0.2) is 12.2 Å². The van der Waals surface area contributed by atoms with E-state index < -0.39 is 11.4 Å². The average Bonchev–Trinajstić information content (AvgIpc) is 4.00. The van der Waals surface area contributed by atoms with Crippen molar-refractivity contribution in [2.75, 3.05) is 39.6 Å². The maximum Gasteiger partial charge on any atom is 0.333 e. The predicted molar refractivity (Wildman–Crippen MR) is 224 cm³/mol. The summed E-state index contributed by atoms with van der Waals surface area (Å²) in [5, 5.41) is 0. The fourth-order valence-corrected chi connectivity index (χ4v) is 3.47. The molecule has 0 amide bonds. The minimum atomic E-state index is -0.488. The third-order valence-electron chi connectivity index (χ3n) is 9.91. The molecular formula is C45H84O11. The zero-order valence-electron chi connectivity index (χ0n) is 38.5. The lowest BCUT2D eigenvalue weighted by atomic mass is 9.91. The summed E-state index contributed by atoms with van der Waals surface area (Å²) >= 11 is 0. The summed E-state index contributed by atoms with van der Waals surface area (Å²) in [7, 11) is 0. The number of esters is 5. The minimum absolute atomic E-state index is 0.0588. The van der Waals surface area contributed by atoms with Crippen LogP contribution in [-0.2, 0) is 52.4 Å². The standard InChI is InChI=1S/C12H20O4.2C12H24O2.C9H16O3/c1-6-12(4,5)11(14)16-8-7-15-10(13)9(2)3;2*1-5-7-8-9-10-14-11(13)12(3,4)6-2;1-4-9(2,3)8(10)12-6-7-5-11-7/h2,6-8H2,1,3-5H3;2*5-10H2,1-4H3;7H,4-6H2,1-3H3. The maximum absolute atomic E-state index is 11.5. The van der Waals surface area contributed by atoms with E-state index in [1.807, 2.05) is 83.1 Å². The van der Waals surface area contributed by atoms with E-state index in [2.05, 4.69) is 20.4 Å². The van der Waals surface area contributed by atoms with E-state index in [1.165, 1.54) is 25.7 Å². The van der Waals surface area contributed by atoms with Crippen LogP contribution < -0.4 is 0 Å². The highest BCUT2D eigenvalue weighted by Gasteiger charge is 2.31. The van der Waals surface area contributed by atoms with Gasteiger partial charge in [0.05, 0.1) is 41.5 Å². The van der Waals surface area contributed by atoms with Crippen LogP contribution in [0, 0.1) is 21.7 Å². The molecular weight excluding hydrogens is 716 g/mol. The Labute approximate surface area is 342 Å². The average molecular weight is 801 g/mol. The lowest BCUT2D eigenvalue weighted by molar-refractivity contribution is -0.158. The number of unbranched alkanes of at least 4 members (excludes halogenated alkanes) is 6. The van der Waals surface area contributed by atoms with Crippen molar-refractivity contribution in [3.05, 3.63) is 12.2 Å². The second-order valence-corrected chi connectivity index (χ2v) is 16.9. The van der Waals surface area contributed by atoms with Gasteiger partial charge in [-0.05, 0) is 101 Å². The molecule has 1 unspecified atom stereocenters. The van der Waals surface area contributed by atoms with Gasteiger partial charge in [-0.3, -0.25) is 19.2 Å². The van der Waals surface area contributed by atoms with Gasteiger partial charge in [-0.15, -0.1) is 0 Å². The number of carbonyl (C=O) groups excluding carboxylic acids is 5. The molecule has 0 aliphatic carbocycles. The fraction of sp³-hybridized carbons (Fsp3) is 0.844. The summed E-state index contributed by atoms with van der Waals surface area (Å²) in [4.78, 5) is 56.8. The Hall–Kier alpha value is -2.95. The van der Waals surface area contributed by atoms with Crippen LogP contribution in [0.25, 0.3) is 0 Å². The first-order chi connectivity index (χ1) is 26.0. The number of carbonyl (C=O) groups is 5. The lowest BCUT2D eigenvalue weighted by Gasteiger charge is -2.20. The summed E-state index contributed by atoms with van der Waals surface area (Å²) in [5.74, 6) is -0.985. The zero-order valence-corrected chi connectivity index (χ0v) is 38.5. The Morgan fingerprint density at radius 1 is 0.500 bits per heavy atom. The Balaban J connectivity index is -0.000000671. The van der Waals surface area contributed by atoms with Gasteiger partial charge in [0.1, 0.15) is 25.9 Å². The molecule has 1 saturated heterocycles. The summed E-state index contributed by atoms with van der Waals surface area (Å²) in [6, 6.07) is 0. The SMILES string of the molecule is C=C(C)C(=O)OCCOC(=O)C(C)(C)CC.CCC(C)(C)C(=O)OCC1CO1.CCCCCCOC(=O)C(C)(C)CC.CCCCCCOC(=O)C(C)(C)CC. The van der Waals surface area contributed by atoms with Crippen molar-refractivity contribution in [1.82, 2.24) is 0 Å². The predicted octanol–water partition coefficient (Wildman–Crippen LogP) is 10.5. The molecule has 1 aliphatic heterocycles. The molecule has 0 radical (unpaired) electrons. The van der Waals surface area contributed by atoms with Crippen LogP contribution in [0.2, 0.25) is 0 Å². The van der Waals surface area contributed by atoms with Crippen molar-refractivity contribution < 1.29 is 52.4 Å². The zero-order chi connectivity index (χ0) is 44.0. The third-order valence-corrected chi connectivity index (χ3v) is 9.91. The smallest absolute Gasteiger partial charge is 0.333 e. The first-order valence-corrected chi connectivity index (χ1v) is 21.1. The molecule has 11 heteroatoms. The molecule has 0 bridgehead atoms. The third kappa shape index (κ3) is 29.3. The molecule has 0 aromatic rings. The molecule has 0 aromatic carbocycles. The quantitative estimate of drug-likeness (QED) is 0.0302. The van der Waals surface area contributed by atoms with Crippen LogP contribution in [0.5, 0.6) is 0 Å². The second-order valence-electron chi connectivity index (χ2n) is 16.9. The molecule has 330 valence electrons. The molecule has 1 heterocycles. The van der Waals surface area contributed by atoms with Crippen molar-refractivity contribution in [2.24, 2.45) is 21.7 Å². The first-order valence-electron chi connectivity index (χ1n) is 21.1. The summed E-state index contributed by atoms with van der Waals surface area (Å²) in [6.07, 6.45) is 12.6. The van der Waals surface area contributed by atoms with Gasteiger partial charge in [-0.25, -0.2) is 4.79 Å². The normalized spacial score (nSPS) is 13.5. The van der Waals surface area contributed by atoms with Crippen LogP contribution in [-0.4, -0.2) is 75.6 Å². The van der Waals surface area contributed by atoms with Gasteiger partial charge in [0.2, 0.25) is 0 Å². The van der Waals surface area contributed by atoms with Gasteiger partial charge < -0.3 is 28.4 Å². The second kappa shape index (κ2) is 31.1.